The fourth-order valence-corrected chi connectivity index (χ4v) is 3.64. The van der Waals surface area contributed by atoms with E-state index in [4.69, 9.17) is 0 Å². The standard InChI is InChI=1S/C22H26N2O2/c1-15-12-16(2)20(17(3)13-15)23-21(25)18-8-7-9-19(14-18)22(26)24-10-5-4-6-11-24/h7-9,12-14H,4-6,10-11H2,1-3H3,(H,23,25). The molecule has 0 spiro atoms. The smallest absolute Gasteiger partial charge is 0.255 e. The van der Waals surface area contributed by atoms with Crippen molar-refractivity contribution >= 4 is 17.5 Å². The number of benzene rings is 2. The van der Waals surface area contributed by atoms with E-state index in [1.165, 1.54) is 12.0 Å². The maximum Gasteiger partial charge on any atom is 0.255 e. The second-order valence-corrected chi connectivity index (χ2v) is 7.16. The van der Waals surface area contributed by atoms with Crippen LogP contribution in [0.3, 0.4) is 0 Å². The van der Waals surface area contributed by atoms with Crippen molar-refractivity contribution in [2.45, 2.75) is 40.0 Å². The van der Waals surface area contributed by atoms with E-state index in [0.717, 1.165) is 42.7 Å². The third kappa shape index (κ3) is 3.96. The number of hydrogen-bond acceptors (Lipinski definition) is 2. The highest BCUT2D eigenvalue weighted by molar-refractivity contribution is 6.06. The number of amides is 2. The second-order valence-electron chi connectivity index (χ2n) is 7.16. The molecule has 1 fully saturated rings. The Morgan fingerprint density at radius 1 is 0.885 bits per heavy atom. The normalized spacial score (nSPS) is 14.2. The number of carbonyl (C=O) groups is 2. The largest absolute Gasteiger partial charge is 0.339 e. The average Bonchev–Trinajstić information content (AvgIpc) is 2.64. The van der Waals surface area contributed by atoms with E-state index in [9.17, 15) is 9.59 Å². The van der Waals surface area contributed by atoms with Crippen molar-refractivity contribution in [3.63, 3.8) is 0 Å². The Morgan fingerprint density at radius 2 is 1.50 bits per heavy atom. The number of anilines is 1. The van der Waals surface area contributed by atoms with Gasteiger partial charge in [-0.2, -0.15) is 0 Å². The Kier molecular flexibility index (Phi) is 5.40. The van der Waals surface area contributed by atoms with Crippen LogP contribution in [0.4, 0.5) is 5.69 Å². The van der Waals surface area contributed by atoms with Crippen LogP contribution in [0, 0.1) is 20.8 Å². The van der Waals surface area contributed by atoms with Gasteiger partial charge in [-0.25, -0.2) is 0 Å². The number of nitrogens with one attached hydrogen (secondary N) is 1. The molecule has 1 N–H and O–H groups in total. The van der Waals surface area contributed by atoms with Crippen LogP contribution < -0.4 is 5.32 Å². The van der Waals surface area contributed by atoms with Crippen molar-refractivity contribution < 1.29 is 9.59 Å². The third-order valence-corrected chi connectivity index (χ3v) is 4.93. The molecule has 2 amide bonds. The molecule has 0 radical (unpaired) electrons. The minimum Gasteiger partial charge on any atom is -0.339 e. The lowest BCUT2D eigenvalue weighted by Crippen LogP contribution is -2.35. The molecule has 4 nitrogen and oxygen atoms in total. The van der Waals surface area contributed by atoms with E-state index in [1.54, 1.807) is 24.3 Å². The molecule has 0 saturated carbocycles. The van der Waals surface area contributed by atoms with Gasteiger partial charge in [-0.3, -0.25) is 9.59 Å². The summed E-state index contributed by atoms with van der Waals surface area (Å²) >= 11 is 0. The molecule has 1 aliphatic heterocycles. The van der Waals surface area contributed by atoms with E-state index >= 15 is 0 Å². The molecular formula is C22H26N2O2. The number of likely N-dealkylation sites (tertiary alicyclic amines) is 1. The van der Waals surface area contributed by atoms with Crippen molar-refractivity contribution in [3.05, 3.63) is 64.2 Å². The van der Waals surface area contributed by atoms with Crippen molar-refractivity contribution in [3.8, 4) is 0 Å². The summed E-state index contributed by atoms with van der Waals surface area (Å²) in [6.07, 6.45) is 3.29. The summed E-state index contributed by atoms with van der Waals surface area (Å²) in [6.45, 7) is 7.63. The predicted molar refractivity (Wildman–Crippen MR) is 105 cm³/mol. The molecule has 1 heterocycles. The fourth-order valence-electron chi connectivity index (χ4n) is 3.64. The number of piperidine rings is 1. The number of hydrogen-bond donors (Lipinski definition) is 1. The highest BCUT2D eigenvalue weighted by Crippen LogP contribution is 2.23. The second kappa shape index (κ2) is 7.73. The van der Waals surface area contributed by atoms with Crippen LogP contribution in [-0.4, -0.2) is 29.8 Å². The van der Waals surface area contributed by atoms with E-state index in [-0.39, 0.29) is 11.8 Å². The highest BCUT2D eigenvalue weighted by Gasteiger charge is 2.19. The molecule has 0 bridgehead atoms. The first kappa shape index (κ1) is 18.2. The van der Waals surface area contributed by atoms with Crippen LogP contribution in [0.2, 0.25) is 0 Å². The van der Waals surface area contributed by atoms with Gasteiger partial charge in [0, 0.05) is 29.9 Å². The zero-order valence-electron chi connectivity index (χ0n) is 15.8. The molecule has 2 aromatic rings. The zero-order chi connectivity index (χ0) is 18.7. The topological polar surface area (TPSA) is 49.4 Å². The molecule has 0 unspecified atom stereocenters. The third-order valence-electron chi connectivity index (χ3n) is 4.93. The predicted octanol–water partition coefficient (Wildman–Crippen LogP) is 4.49. The first-order valence-corrected chi connectivity index (χ1v) is 9.24. The van der Waals surface area contributed by atoms with Crippen LogP contribution in [0.25, 0.3) is 0 Å². The Morgan fingerprint density at radius 3 is 2.15 bits per heavy atom. The van der Waals surface area contributed by atoms with Gasteiger partial charge in [-0.05, 0) is 69.4 Å². The van der Waals surface area contributed by atoms with Gasteiger partial charge < -0.3 is 10.2 Å². The van der Waals surface area contributed by atoms with Crippen LogP contribution in [-0.2, 0) is 0 Å². The van der Waals surface area contributed by atoms with Crippen LogP contribution in [0.15, 0.2) is 36.4 Å². The van der Waals surface area contributed by atoms with Crippen molar-refractivity contribution in [1.82, 2.24) is 4.90 Å². The van der Waals surface area contributed by atoms with Crippen LogP contribution in [0.5, 0.6) is 0 Å². The van der Waals surface area contributed by atoms with Crippen LogP contribution in [0.1, 0.15) is 56.7 Å². The first-order chi connectivity index (χ1) is 12.5. The fraction of sp³-hybridized carbons (Fsp3) is 0.364. The van der Waals surface area contributed by atoms with Gasteiger partial charge in [-0.1, -0.05) is 23.8 Å². The lowest BCUT2D eigenvalue weighted by atomic mass is 10.0. The quantitative estimate of drug-likeness (QED) is 0.886. The van der Waals surface area contributed by atoms with Crippen molar-refractivity contribution in [2.24, 2.45) is 0 Å². The average molecular weight is 350 g/mol. The minimum atomic E-state index is -0.187. The highest BCUT2D eigenvalue weighted by atomic mass is 16.2. The Hall–Kier alpha value is -2.62. The lowest BCUT2D eigenvalue weighted by Gasteiger charge is -2.26. The number of carbonyl (C=O) groups excluding carboxylic acids is 2. The number of nitrogens with zero attached hydrogens (tertiary/aromatic N) is 1. The number of aryl methyl sites for hydroxylation is 3. The Bertz CT molecular complexity index is 813. The summed E-state index contributed by atoms with van der Waals surface area (Å²) in [5.41, 5.74) is 5.18. The summed E-state index contributed by atoms with van der Waals surface area (Å²) in [5, 5.41) is 3.00. The molecule has 26 heavy (non-hydrogen) atoms. The molecular weight excluding hydrogens is 324 g/mol. The molecule has 0 aromatic heterocycles. The molecule has 1 saturated heterocycles. The molecule has 1 aliphatic rings. The summed E-state index contributed by atoms with van der Waals surface area (Å²) in [7, 11) is 0. The van der Waals surface area contributed by atoms with Crippen LogP contribution >= 0.6 is 0 Å². The maximum absolute atomic E-state index is 12.7. The summed E-state index contributed by atoms with van der Waals surface area (Å²) in [4.78, 5) is 27.3. The van der Waals surface area contributed by atoms with E-state index < -0.39 is 0 Å². The van der Waals surface area contributed by atoms with Crippen molar-refractivity contribution in [1.29, 1.82) is 0 Å². The summed E-state index contributed by atoms with van der Waals surface area (Å²) < 4.78 is 0. The molecule has 4 heteroatoms. The van der Waals surface area contributed by atoms with E-state index in [0.29, 0.717) is 11.1 Å². The molecule has 3 rings (SSSR count). The van der Waals surface area contributed by atoms with Gasteiger partial charge in [0.25, 0.3) is 11.8 Å². The molecule has 136 valence electrons. The van der Waals surface area contributed by atoms with Gasteiger partial charge in [0.2, 0.25) is 0 Å². The SMILES string of the molecule is Cc1cc(C)c(NC(=O)c2cccc(C(=O)N3CCCCC3)c2)c(C)c1. The van der Waals surface area contributed by atoms with Crippen molar-refractivity contribution in [2.75, 3.05) is 18.4 Å². The maximum atomic E-state index is 12.7. The minimum absolute atomic E-state index is 0.0158. The zero-order valence-corrected chi connectivity index (χ0v) is 15.8. The Labute approximate surface area is 155 Å². The Balaban J connectivity index is 1.79. The molecule has 2 aromatic carbocycles. The van der Waals surface area contributed by atoms with E-state index in [1.807, 2.05) is 25.7 Å². The summed E-state index contributed by atoms with van der Waals surface area (Å²) in [6, 6.07) is 11.1. The number of rotatable bonds is 3. The molecule has 0 aliphatic carbocycles. The summed E-state index contributed by atoms with van der Waals surface area (Å²) in [5.74, 6) is -0.171. The molecule has 0 atom stereocenters. The van der Waals surface area contributed by atoms with Gasteiger partial charge in [0.05, 0.1) is 0 Å². The first-order valence-electron chi connectivity index (χ1n) is 9.24. The van der Waals surface area contributed by atoms with Gasteiger partial charge in [0.15, 0.2) is 0 Å². The van der Waals surface area contributed by atoms with E-state index in [2.05, 4.69) is 17.4 Å². The van der Waals surface area contributed by atoms with Gasteiger partial charge >= 0.3 is 0 Å². The van der Waals surface area contributed by atoms with Gasteiger partial charge in [-0.15, -0.1) is 0 Å². The lowest BCUT2D eigenvalue weighted by molar-refractivity contribution is 0.0724. The van der Waals surface area contributed by atoms with Gasteiger partial charge in [0.1, 0.15) is 0 Å². The monoisotopic (exact) mass is 350 g/mol.